The van der Waals surface area contributed by atoms with Crippen LogP contribution in [0.5, 0.6) is 0 Å². The Balaban J connectivity index is 2.77. The summed E-state index contributed by atoms with van der Waals surface area (Å²) in [7, 11) is 0. The van der Waals surface area contributed by atoms with E-state index in [1.807, 2.05) is 24.3 Å². The lowest BCUT2D eigenvalue weighted by Crippen LogP contribution is -1.92. The van der Waals surface area contributed by atoms with Gasteiger partial charge in [0.1, 0.15) is 0 Å². The van der Waals surface area contributed by atoms with E-state index in [-0.39, 0.29) is 0 Å². The van der Waals surface area contributed by atoms with Gasteiger partial charge >= 0.3 is 0 Å². The van der Waals surface area contributed by atoms with Crippen LogP contribution in [0.3, 0.4) is 0 Å². The Labute approximate surface area is 97.6 Å². The number of benzene rings is 2. The summed E-state index contributed by atoms with van der Waals surface area (Å²) in [5.74, 6) is 0.374. The number of alkyl halides is 1. The molecule has 0 heterocycles. The molecule has 0 aliphatic rings. The predicted molar refractivity (Wildman–Crippen MR) is 63.7 cm³/mol. The van der Waals surface area contributed by atoms with Crippen LogP contribution in [0.4, 0.5) is 0 Å². The van der Waals surface area contributed by atoms with Crippen molar-refractivity contribution in [2.24, 2.45) is 0 Å². The monoisotopic (exact) mass is 238 g/mol. The highest BCUT2D eigenvalue weighted by molar-refractivity contribution is 6.67. The maximum absolute atomic E-state index is 11.1. The number of hydrogen-bond donors (Lipinski definition) is 0. The molecule has 0 radical (unpaired) electrons. The van der Waals surface area contributed by atoms with Crippen LogP contribution < -0.4 is 0 Å². The molecule has 2 aromatic carbocycles. The van der Waals surface area contributed by atoms with E-state index in [9.17, 15) is 4.79 Å². The molecule has 0 aliphatic heterocycles. The van der Waals surface area contributed by atoms with E-state index in [0.717, 1.165) is 16.3 Å². The van der Waals surface area contributed by atoms with Gasteiger partial charge in [-0.3, -0.25) is 4.79 Å². The lowest BCUT2D eigenvalue weighted by atomic mass is 10.0. The Morgan fingerprint density at radius 3 is 2.60 bits per heavy atom. The summed E-state index contributed by atoms with van der Waals surface area (Å²) < 4.78 is 0. The van der Waals surface area contributed by atoms with Crippen LogP contribution in [-0.4, -0.2) is 5.24 Å². The molecule has 0 amide bonds. The molecule has 0 N–H and O–H groups in total. The molecule has 0 spiro atoms. The van der Waals surface area contributed by atoms with E-state index in [1.54, 1.807) is 12.1 Å². The number of rotatable bonds is 2. The average molecular weight is 239 g/mol. The predicted octanol–water partition coefficient (Wildman–Crippen LogP) is 3.96. The molecule has 3 heteroatoms. The average Bonchev–Trinajstić information content (AvgIpc) is 2.27. The molecule has 0 aromatic heterocycles. The van der Waals surface area contributed by atoms with Crippen molar-refractivity contribution in [1.29, 1.82) is 0 Å². The Morgan fingerprint density at radius 2 is 1.93 bits per heavy atom. The Hall–Kier alpha value is -1.05. The van der Waals surface area contributed by atoms with Crippen molar-refractivity contribution in [3.8, 4) is 0 Å². The van der Waals surface area contributed by atoms with Gasteiger partial charge in [-0.1, -0.05) is 24.3 Å². The zero-order valence-corrected chi connectivity index (χ0v) is 9.35. The summed E-state index contributed by atoms with van der Waals surface area (Å²) in [6.45, 7) is 0. The van der Waals surface area contributed by atoms with Crippen LogP contribution in [0.15, 0.2) is 36.4 Å². The zero-order valence-electron chi connectivity index (χ0n) is 7.84. The quantitative estimate of drug-likeness (QED) is 0.572. The van der Waals surface area contributed by atoms with Gasteiger partial charge < -0.3 is 0 Å². The highest BCUT2D eigenvalue weighted by atomic mass is 35.5. The molecule has 76 valence electrons. The van der Waals surface area contributed by atoms with Crippen molar-refractivity contribution in [3.05, 3.63) is 47.5 Å². The van der Waals surface area contributed by atoms with Crippen molar-refractivity contribution in [2.75, 3.05) is 0 Å². The second kappa shape index (κ2) is 4.21. The largest absolute Gasteiger partial charge is 0.276 e. The van der Waals surface area contributed by atoms with Gasteiger partial charge in [0.2, 0.25) is 0 Å². The van der Waals surface area contributed by atoms with E-state index in [1.165, 1.54) is 0 Å². The van der Waals surface area contributed by atoms with Gasteiger partial charge in [-0.2, -0.15) is 0 Å². The number of carbonyl (C=O) groups is 1. The third kappa shape index (κ3) is 1.99. The highest BCUT2D eigenvalue weighted by Crippen LogP contribution is 2.23. The van der Waals surface area contributed by atoms with Crippen molar-refractivity contribution in [2.45, 2.75) is 5.88 Å². The molecular formula is C12H8Cl2O. The third-order valence-electron chi connectivity index (χ3n) is 2.32. The topological polar surface area (TPSA) is 17.1 Å². The van der Waals surface area contributed by atoms with Crippen LogP contribution in [0.25, 0.3) is 10.8 Å². The first-order valence-corrected chi connectivity index (χ1v) is 5.41. The van der Waals surface area contributed by atoms with E-state index in [4.69, 9.17) is 23.2 Å². The molecule has 2 aromatic rings. The molecule has 0 saturated heterocycles. The van der Waals surface area contributed by atoms with Crippen LogP contribution in [0.1, 0.15) is 15.9 Å². The molecule has 0 fully saturated rings. The maximum Gasteiger partial charge on any atom is 0.252 e. The molecule has 15 heavy (non-hydrogen) atoms. The summed E-state index contributed by atoms with van der Waals surface area (Å²) >= 11 is 11.3. The minimum atomic E-state index is -0.452. The first-order valence-electron chi connectivity index (χ1n) is 4.50. The van der Waals surface area contributed by atoms with Crippen molar-refractivity contribution in [1.82, 2.24) is 0 Å². The lowest BCUT2D eigenvalue weighted by molar-refractivity contribution is 0.108. The molecule has 0 aliphatic carbocycles. The van der Waals surface area contributed by atoms with Crippen LogP contribution in [-0.2, 0) is 5.88 Å². The van der Waals surface area contributed by atoms with Gasteiger partial charge in [-0.05, 0) is 40.1 Å². The van der Waals surface area contributed by atoms with Crippen molar-refractivity contribution in [3.63, 3.8) is 0 Å². The third-order valence-corrected chi connectivity index (χ3v) is 2.82. The first-order chi connectivity index (χ1) is 7.22. The Kier molecular flexibility index (Phi) is 2.94. The fourth-order valence-corrected chi connectivity index (χ4v) is 1.94. The van der Waals surface area contributed by atoms with Crippen molar-refractivity contribution < 1.29 is 4.79 Å². The minimum absolute atomic E-state index is 0.374. The van der Waals surface area contributed by atoms with Gasteiger partial charge in [0.15, 0.2) is 0 Å². The molecular weight excluding hydrogens is 231 g/mol. The zero-order chi connectivity index (χ0) is 10.8. The maximum atomic E-state index is 11.1. The number of carbonyl (C=O) groups excluding carboxylic acids is 1. The molecule has 1 nitrogen and oxygen atoms in total. The van der Waals surface area contributed by atoms with E-state index in [2.05, 4.69) is 0 Å². The Morgan fingerprint density at radius 1 is 1.20 bits per heavy atom. The van der Waals surface area contributed by atoms with Crippen LogP contribution in [0, 0.1) is 0 Å². The van der Waals surface area contributed by atoms with Gasteiger partial charge in [0.25, 0.3) is 5.24 Å². The van der Waals surface area contributed by atoms with Gasteiger partial charge in [-0.25, -0.2) is 0 Å². The Bertz CT molecular complexity index is 520. The lowest BCUT2D eigenvalue weighted by Gasteiger charge is -2.05. The normalized spacial score (nSPS) is 10.5. The first kappa shape index (κ1) is 10.5. The summed E-state index contributed by atoms with van der Waals surface area (Å²) in [4.78, 5) is 11.1. The second-order valence-electron chi connectivity index (χ2n) is 3.26. The van der Waals surface area contributed by atoms with E-state index >= 15 is 0 Å². The summed E-state index contributed by atoms with van der Waals surface area (Å²) in [6.07, 6.45) is 0. The fourth-order valence-electron chi connectivity index (χ4n) is 1.61. The number of hydrogen-bond acceptors (Lipinski definition) is 1. The summed E-state index contributed by atoms with van der Waals surface area (Å²) in [5.41, 5.74) is 1.42. The molecule has 0 bridgehead atoms. The van der Waals surface area contributed by atoms with E-state index in [0.29, 0.717) is 11.4 Å². The standard InChI is InChI=1S/C12H8Cl2O/c13-7-10-6-9(12(14)15)5-8-3-1-2-4-11(8)10/h1-6H,7H2. The van der Waals surface area contributed by atoms with Crippen LogP contribution >= 0.6 is 23.2 Å². The summed E-state index contributed by atoms with van der Waals surface area (Å²) in [6, 6.07) is 11.3. The SMILES string of the molecule is O=C(Cl)c1cc(CCl)c2ccccc2c1. The molecule has 0 saturated carbocycles. The molecule has 2 rings (SSSR count). The number of fused-ring (bicyclic) bond motifs is 1. The smallest absolute Gasteiger partial charge is 0.252 e. The summed E-state index contributed by atoms with van der Waals surface area (Å²) in [5, 5.41) is 1.60. The second-order valence-corrected chi connectivity index (χ2v) is 3.87. The number of halogens is 2. The van der Waals surface area contributed by atoms with Gasteiger partial charge in [0, 0.05) is 11.4 Å². The molecule has 0 atom stereocenters. The minimum Gasteiger partial charge on any atom is -0.276 e. The van der Waals surface area contributed by atoms with Crippen molar-refractivity contribution >= 4 is 39.2 Å². The van der Waals surface area contributed by atoms with Gasteiger partial charge in [0.05, 0.1) is 0 Å². The molecule has 0 unspecified atom stereocenters. The van der Waals surface area contributed by atoms with Gasteiger partial charge in [-0.15, -0.1) is 11.6 Å². The van der Waals surface area contributed by atoms with E-state index < -0.39 is 5.24 Å². The highest BCUT2D eigenvalue weighted by Gasteiger charge is 2.07. The fraction of sp³-hybridized carbons (Fsp3) is 0.0833. The van der Waals surface area contributed by atoms with Crippen LogP contribution in [0.2, 0.25) is 0 Å².